The van der Waals surface area contributed by atoms with Crippen molar-refractivity contribution in [3.05, 3.63) is 52.0 Å². The largest absolute Gasteiger partial charge is 0.353 e. The van der Waals surface area contributed by atoms with Crippen LogP contribution in [0.2, 0.25) is 0 Å². The van der Waals surface area contributed by atoms with Crippen molar-refractivity contribution < 1.29 is 9.59 Å². The van der Waals surface area contributed by atoms with E-state index in [-0.39, 0.29) is 17.7 Å². The molecule has 0 spiro atoms. The molecule has 1 aliphatic rings. The third kappa shape index (κ3) is 7.03. The summed E-state index contributed by atoms with van der Waals surface area (Å²) in [5.74, 6) is 0.971. The van der Waals surface area contributed by atoms with E-state index >= 15 is 0 Å². The summed E-state index contributed by atoms with van der Waals surface area (Å²) >= 11 is 1.74. The number of thiophene rings is 1. The zero-order valence-electron chi connectivity index (χ0n) is 23.3. The number of fused-ring (bicyclic) bond motifs is 1. The van der Waals surface area contributed by atoms with Crippen LogP contribution in [0.3, 0.4) is 0 Å². The maximum atomic E-state index is 13.3. The Bertz CT molecular complexity index is 1190. The minimum Gasteiger partial charge on any atom is -0.353 e. The number of rotatable bonds is 13. The molecule has 2 N–H and O–H groups in total. The number of carbonyl (C=O) groups is 2. The van der Waals surface area contributed by atoms with Crippen LogP contribution in [0, 0.1) is 5.92 Å². The smallest absolute Gasteiger partial charge is 0.252 e. The second kappa shape index (κ2) is 13.4. The van der Waals surface area contributed by atoms with Crippen molar-refractivity contribution in [1.82, 2.24) is 25.1 Å². The first-order chi connectivity index (χ1) is 18.4. The Hall–Kier alpha value is -2.71. The Morgan fingerprint density at radius 2 is 1.87 bits per heavy atom. The lowest BCUT2D eigenvalue weighted by Crippen LogP contribution is -2.48. The molecule has 3 heterocycles. The van der Waals surface area contributed by atoms with Crippen molar-refractivity contribution in [2.24, 2.45) is 5.92 Å². The molecule has 1 atom stereocenters. The molecule has 38 heavy (non-hydrogen) atoms. The minimum atomic E-state index is -0.562. The van der Waals surface area contributed by atoms with Crippen molar-refractivity contribution in [2.45, 2.75) is 78.3 Å². The molecular formula is C30H43N5O2S. The van der Waals surface area contributed by atoms with Crippen molar-refractivity contribution in [3.63, 3.8) is 0 Å². The SMILES string of the molecule is CCC(CC)n1c(Cc2cccs2)nc2cc(C(=O)N[C@@H](CC(C)C)C(=O)NCCN3CCCC3)ccc21. The molecule has 2 amide bonds. The van der Waals surface area contributed by atoms with E-state index < -0.39 is 6.04 Å². The van der Waals surface area contributed by atoms with E-state index in [1.54, 1.807) is 11.3 Å². The highest BCUT2D eigenvalue weighted by Gasteiger charge is 2.24. The summed E-state index contributed by atoms with van der Waals surface area (Å²) in [6, 6.07) is 9.77. The number of likely N-dealkylation sites (tertiary alicyclic amines) is 1. The summed E-state index contributed by atoms with van der Waals surface area (Å²) in [6.07, 6.45) is 5.87. The predicted octanol–water partition coefficient (Wildman–Crippen LogP) is 5.41. The van der Waals surface area contributed by atoms with Gasteiger partial charge in [0.05, 0.1) is 11.0 Å². The molecule has 1 saturated heterocycles. The lowest BCUT2D eigenvalue weighted by molar-refractivity contribution is -0.123. The van der Waals surface area contributed by atoms with Crippen molar-refractivity contribution >= 4 is 34.2 Å². The van der Waals surface area contributed by atoms with Gasteiger partial charge in [-0.05, 0) is 80.8 Å². The van der Waals surface area contributed by atoms with Gasteiger partial charge in [-0.2, -0.15) is 0 Å². The standard InChI is InChI=1S/C30H43N5O2S/c1-5-23(6-2)35-27-12-11-22(19-25(27)32-28(35)20-24-10-9-17-38-24)29(36)33-26(18-21(3)4)30(37)31-13-16-34-14-7-8-15-34/h9-12,17,19,21,23,26H,5-8,13-16,18,20H2,1-4H3,(H,31,37)(H,33,36)/t26-/m0/s1. The fourth-order valence-corrected chi connectivity index (χ4v) is 6.16. The molecule has 7 nitrogen and oxygen atoms in total. The van der Waals surface area contributed by atoms with E-state index in [9.17, 15) is 9.59 Å². The predicted molar refractivity (Wildman–Crippen MR) is 156 cm³/mol. The summed E-state index contributed by atoms with van der Waals surface area (Å²) in [5.41, 5.74) is 2.42. The van der Waals surface area contributed by atoms with Gasteiger partial charge < -0.3 is 20.1 Å². The maximum absolute atomic E-state index is 13.3. The molecule has 3 aromatic rings. The first-order valence-corrected chi connectivity index (χ1v) is 15.1. The second-order valence-electron chi connectivity index (χ2n) is 10.8. The zero-order valence-corrected chi connectivity index (χ0v) is 24.2. The summed E-state index contributed by atoms with van der Waals surface area (Å²) in [5, 5.41) is 8.16. The van der Waals surface area contributed by atoms with Gasteiger partial charge in [-0.25, -0.2) is 4.98 Å². The number of benzene rings is 1. The number of aromatic nitrogens is 2. The van der Waals surface area contributed by atoms with Crippen LogP contribution in [0.5, 0.6) is 0 Å². The lowest BCUT2D eigenvalue weighted by atomic mass is 10.0. The van der Waals surface area contributed by atoms with Crippen molar-refractivity contribution in [3.8, 4) is 0 Å². The number of nitrogens with one attached hydrogen (secondary N) is 2. The average Bonchev–Trinajstić information content (AvgIpc) is 3.66. The Morgan fingerprint density at radius 1 is 1.11 bits per heavy atom. The van der Waals surface area contributed by atoms with Gasteiger partial charge in [0.2, 0.25) is 5.91 Å². The molecule has 0 saturated carbocycles. The molecule has 206 valence electrons. The zero-order chi connectivity index (χ0) is 27.1. The Morgan fingerprint density at radius 3 is 2.53 bits per heavy atom. The van der Waals surface area contributed by atoms with Gasteiger partial charge in [-0.1, -0.05) is 33.8 Å². The van der Waals surface area contributed by atoms with Crippen LogP contribution in [0.25, 0.3) is 11.0 Å². The molecule has 8 heteroatoms. The molecule has 1 fully saturated rings. The van der Waals surface area contributed by atoms with Crippen LogP contribution < -0.4 is 10.6 Å². The molecule has 4 rings (SSSR count). The first kappa shape index (κ1) is 28.3. The monoisotopic (exact) mass is 537 g/mol. The van der Waals surface area contributed by atoms with Gasteiger partial charge in [-0.15, -0.1) is 11.3 Å². The number of carbonyl (C=O) groups excluding carboxylic acids is 2. The summed E-state index contributed by atoms with van der Waals surface area (Å²) < 4.78 is 2.35. The highest BCUT2D eigenvalue weighted by Crippen LogP contribution is 2.28. The molecule has 1 aromatic carbocycles. The fraction of sp³-hybridized carbons (Fsp3) is 0.567. The van der Waals surface area contributed by atoms with Gasteiger partial charge in [0.25, 0.3) is 5.91 Å². The van der Waals surface area contributed by atoms with E-state index in [0.29, 0.717) is 24.6 Å². The molecule has 2 aromatic heterocycles. The molecule has 0 aliphatic carbocycles. The first-order valence-electron chi connectivity index (χ1n) is 14.2. The number of nitrogens with zero attached hydrogens (tertiary/aromatic N) is 3. The van der Waals surface area contributed by atoms with Crippen molar-refractivity contribution in [1.29, 1.82) is 0 Å². The lowest BCUT2D eigenvalue weighted by Gasteiger charge is -2.21. The van der Waals surface area contributed by atoms with Gasteiger partial charge in [0, 0.05) is 36.0 Å². The van der Waals surface area contributed by atoms with Crippen LogP contribution >= 0.6 is 11.3 Å². The highest BCUT2D eigenvalue weighted by atomic mass is 32.1. The third-order valence-electron chi connectivity index (χ3n) is 7.50. The average molecular weight is 538 g/mol. The van der Waals surface area contributed by atoms with Crippen molar-refractivity contribution in [2.75, 3.05) is 26.2 Å². The van der Waals surface area contributed by atoms with Crippen LogP contribution in [0.4, 0.5) is 0 Å². The molecular weight excluding hydrogens is 494 g/mol. The third-order valence-corrected chi connectivity index (χ3v) is 8.38. The molecule has 0 unspecified atom stereocenters. The number of amides is 2. The van der Waals surface area contributed by atoms with Crippen LogP contribution in [-0.2, 0) is 11.2 Å². The van der Waals surface area contributed by atoms with Crippen LogP contribution in [0.15, 0.2) is 35.7 Å². The van der Waals surface area contributed by atoms with Crippen LogP contribution in [-0.4, -0.2) is 58.5 Å². The fourth-order valence-electron chi connectivity index (χ4n) is 5.46. The quantitative estimate of drug-likeness (QED) is 0.306. The normalized spacial score (nSPS) is 15.0. The second-order valence-corrected chi connectivity index (χ2v) is 11.9. The van der Waals surface area contributed by atoms with E-state index in [2.05, 4.69) is 65.3 Å². The number of hydrogen-bond acceptors (Lipinski definition) is 5. The van der Waals surface area contributed by atoms with Gasteiger partial charge >= 0.3 is 0 Å². The minimum absolute atomic E-state index is 0.108. The Kier molecular flexibility index (Phi) is 9.97. The topological polar surface area (TPSA) is 79.3 Å². The van der Waals surface area contributed by atoms with E-state index in [0.717, 1.165) is 55.8 Å². The summed E-state index contributed by atoms with van der Waals surface area (Å²) in [7, 11) is 0. The van der Waals surface area contributed by atoms with E-state index in [1.807, 2.05) is 18.2 Å². The van der Waals surface area contributed by atoms with Gasteiger partial charge in [-0.3, -0.25) is 9.59 Å². The number of imidazole rings is 1. The van der Waals surface area contributed by atoms with Crippen LogP contribution in [0.1, 0.15) is 86.9 Å². The van der Waals surface area contributed by atoms with Gasteiger partial charge in [0.1, 0.15) is 11.9 Å². The van der Waals surface area contributed by atoms with Gasteiger partial charge in [0.15, 0.2) is 0 Å². The van der Waals surface area contributed by atoms with E-state index in [4.69, 9.17) is 4.98 Å². The number of hydrogen-bond donors (Lipinski definition) is 2. The highest BCUT2D eigenvalue weighted by molar-refractivity contribution is 7.09. The maximum Gasteiger partial charge on any atom is 0.252 e. The summed E-state index contributed by atoms with van der Waals surface area (Å²) in [6.45, 7) is 12.2. The summed E-state index contributed by atoms with van der Waals surface area (Å²) in [4.78, 5) is 35.0. The molecule has 0 bridgehead atoms. The van der Waals surface area contributed by atoms with E-state index in [1.165, 1.54) is 17.7 Å². The Balaban J connectivity index is 1.51. The Labute approximate surface area is 231 Å². The molecule has 1 aliphatic heterocycles. The molecule has 0 radical (unpaired) electrons.